The van der Waals surface area contributed by atoms with Crippen molar-refractivity contribution < 1.29 is 4.39 Å². The van der Waals surface area contributed by atoms with Gasteiger partial charge in [0.2, 0.25) is 0 Å². The van der Waals surface area contributed by atoms with Gasteiger partial charge in [-0.3, -0.25) is 4.90 Å². The molecule has 0 aliphatic carbocycles. The lowest BCUT2D eigenvalue weighted by Gasteiger charge is -2.35. The number of nitrogens with zero attached hydrogens (tertiary/aromatic N) is 3. The molecule has 1 aromatic heterocycles. The SMILES string of the molecule is Cc1ccc(-c2nc(CN3CCN(c4ccccc4F)CC3)cs2)cc1. The van der Waals surface area contributed by atoms with E-state index in [-0.39, 0.29) is 5.82 Å². The Balaban J connectivity index is 1.36. The molecule has 1 fully saturated rings. The monoisotopic (exact) mass is 367 g/mol. The van der Waals surface area contributed by atoms with Crippen LogP contribution in [0.4, 0.5) is 10.1 Å². The zero-order chi connectivity index (χ0) is 17.9. The Kier molecular flexibility index (Phi) is 5.00. The maximum Gasteiger partial charge on any atom is 0.146 e. The van der Waals surface area contributed by atoms with E-state index in [2.05, 4.69) is 46.4 Å². The summed E-state index contributed by atoms with van der Waals surface area (Å²) in [5.74, 6) is -0.136. The number of anilines is 1. The molecule has 2 aromatic carbocycles. The Morgan fingerprint density at radius 2 is 1.73 bits per heavy atom. The van der Waals surface area contributed by atoms with E-state index in [1.807, 2.05) is 12.1 Å². The Morgan fingerprint density at radius 1 is 1.00 bits per heavy atom. The largest absolute Gasteiger partial charge is 0.367 e. The maximum atomic E-state index is 13.9. The Morgan fingerprint density at radius 3 is 2.46 bits per heavy atom. The van der Waals surface area contributed by atoms with Crippen LogP contribution in [0, 0.1) is 12.7 Å². The number of halogens is 1. The van der Waals surface area contributed by atoms with Crippen LogP contribution in [0.1, 0.15) is 11.3 Å². The average Bonchev–Trinajstić information content (AvgIpc) is 3.12. The van der Waals surface area contributed by atoms with Crippen molar-refractivity contribution in [2.45, 2.75) is 13.5 Å². The first-order valence-electron chi connectivity index (χ1n) is 8.92. The molecule has 26 heavy (non-hydrogen) atoms. The van der Waals surface area contributed by atoms with Crippen LogP contribution in [0.25, 0.3) is 10.6 Å². The Bertz CT molecular complexity index is 867. The van der Waals surface area contributed by atoms with Gasteiger partial charge in [0.25, 0.3) is 0 Å². The minimum atomic E-state index is -0.136. The van der Waals surface area contributed by atoms with Gasteiger partial charge in [0, 0.05) is 43.7 Å². The molecule has 0 saturated carbocycles. The number of benzene rings is 2. The van der Waals surface area contributed by atoms with Crippen molar-refractivity contribution >= 4 is 17.0 Å². The van der Waals surface area contributed by atoms with Crippen molar-refractivity contribution in [3.63, 3.8) is 0 Å². The summed E-state index contributed by atoms with van der Waals surface area (Å²) in [6.45, 7) is 6.48. The van der Waals surface area contributed by atoms with Gasteiger partial charge in [-0.25, -0.2) is 9.37 Å². The predicted octanol–water partition coefficient (Wildman–Crippen LogP) is 4.58. The molecular formula is C21H22FN3S. The van der Waals surface area contributed by atoms with Gasteiger partial charge >= 0.3 is 0 Å². The second-order valence-electron chi connectivity index (χ2n) is 6.72. The molecule has 5 heteroatoms. The lowest BCUT2D eigenvalue weighted by Crippen LogP contribution is -2.46. The lowest BCUT2D eigenvalue weighted by molar-refractivity contribution is 0.247. The van der Waals surface area contributed by atoms with Gasteiger partial charge in [0.05, 0.1) is 11.4 Å². The summed E-state index contributed by atoms with van der Waals surface area (Å²) < 4.78 is 13.9. The van der Waals surface area contributed by atoms with Gasteiger partial charge in [0.1, 0.15) is 10.8 Å². The number of thiazole rings is 1. The van der Waals surface area contributed by atoms with Gasteiger partial charge in [-0.1, -0.05) is 42.0 Å². The van der Waals surface area contributed by atoms with Gasteiger partial charge in [-0.05, 0) is 19.1 Å². The van der Waals surface area contributed by atoms with Gasteiger partial charge in [-0.2, -0.15) is 0 Å². The number of piperazine rings is 1. The summed E-state index contributed by atoms with van der Waals surface area (Å²) in [5, 5.41) is 3.23. The van der Waals surface area contributed by atoms with E-state index in [4.69, 9.17) is 4.98 Å². The van der Waals surface area contributed by atoms with E-state index in [1.54, 1.807) is 17.4 Å². The second-order valence-corrected chi connectivity index (χ2v) is 7.58. The highest BCUT2D eigenvalue weighted by Crippen LogP contribution is 2.25. The number of rotatable bonds is 4. The van der Waals surface area contributed by atoms with Crippen molar-refractivity contribution in [1.82, 2.24) is 9.88 Å². The molecule has 1 aliphatic rings. The van der Waals surface area contributed by atoms with Crippen molar-refractivity contribution in [3.8, 4) is 10.6 Å². The molecular weight excluding hydrogens is 345 g/mol. The third-order valence-corrected chi connectivity index (χ3v) is 5.74. The molecule has 0 spiro atoms. The number of aryl methyl sites for hydroxylation is 1. The molecule has 2 heterocycles. The van der Waals surface area contributed by atoms with Crippen LogP contribution in [0.3, 0.4) is 0 Å². The first-order chi connectivity index (χ1) is 12.7. The van der Waals surface area contributed by atoms with E-state index < -0.39 is 0 Å². The minimum Gasteiger partial charge on any atom is -0.367 e. The molecule has 0 radical (unpaired) electrons. The number of hydrogen-bond acceptors (Lipinski definition) is 4. The second kappa shape index (κ2) is 7.56. The molecule has 0 atom stereocenters. The summed E-state index contributed by atoms with van der Waals surface area (Å²) in [7, 11) is 0. The van der Waals surface area contributed by atoms with E-state index >= 15 is 0 Å². The van der Waals surface area contributed by atoms with Crippen LogP contribution in [0.5, 0.6) is 0 Å². The van der Waals surface area contributed by atoms with E-state index in [1.165, 1.54) is 17.2 Å². The third kappa shape index (κ3) is 3.79. The Labute approximate surface area is 157 Å². The van der Waals surface area contributed by atoms with Gasteiger partial charge < -0.3 is 4.90 Å². The van der Waals surface area contributed by atoms with Crippen LogP contribution in [-0.4, -0.2) is 36.1 Å². The summed E-state index contributed by atoms with van der Waals surface area (Å²) in [4.78, 5) is 9.32. The number of hydrogen-bond donors (Lipinski definition) is 0. The fraction of sp³-hybridized carbons (Fsp3) is 0.286. The van der Waals surface area contributed by atoms with Crippen molar-refractivity contribution in [2.24, 2.45) is 0 Å². The van der Waals surface area contributed by atoms with Gasteiger partial charge in [0.15, 0.2) is 0 Å². The van der Waals surface area contributed by atoms with Crippen molar-refractivity contribution in [2.75, 3.05) is 31.1 Å². The summed E-state index contributed by atoms with van der Waals surface area (Å²) in [6, 6.07) is 15.5. The first kappa shape index (κ1) is 17.2. The maximum absolute atomic E-state index is 13.9. The highest BCUT2D eigenvalue weighted by molar-refractivity contribution is 7.13. The number of aromatic nitrogens is 1. The van der Waals surface area contributed by atoms with Crippen LogP contribution in [0.2, 0.25) is 0 Å². The molecule has 4 rings (SSSR count). The fourth-order valence-corrected chi connectivity index (χ4v) is 4.11. The third-order valence-electron chi connectivity index (χ3n) is 4.80. The number of para-hydroxylation sites is 1. The molecule has 134 valence electrons. The Hall–Kier alpha value is -2.24. The lowest BCUT2D eigenvalue weighted by atomic mass is 10.2. The topological polar surface area (TPSA) is 19.4 Å². The molecule has 0 bridgehead atoms. The molecule has 0 N–H and O–H groups in total. The van der Waals surface area contributed by atoms with E-state index in [0.29, 0.717) is 5.69 Å². The van der Waals surface area contributed by atoms with Crippen LogP contribution < -0.4 is 4.90 Å². The van der Waals surface area contributed by atoms with E-state index in [9.17, 15) is 4.39 Å². The molecule has 3 aromatic rings. The first-order valence-corrected chi connectivity index (χ1v) is 9.80. The van der Waals surface area contributed by atoms with Crippen molar-refractivity contribution in [1.29, 1.82) is 0 Å². The van der Waals surface area contributed by atoms with Crippen molar-refractivity contribution in [3.05, 3.63) is 71.0 Å². The standard InChI is InChI=1S/C21H22FN3S/c1-16-6-8-17(9-7-16)21-23-18(15-26-21)14-24-10-12-25(13-11-24)20-5-3-2-4-19(20)22/h2-9,15H,10-14H2,1H3. The predicted molar refractivity (Wildman–Crippen MR) is 106 cm³/mol. The normalized spacial score (nSPS) is 15.4. The van der Waals surface area contributed by atoms with Crippen LogP contribution in [-0.2, 0) is 6.54 Å². The zero-order valence-corrected chi connectivity index (χ0v) is 15.7. The highest BCUT2D eigenvalue weighted by atomic mass is 32.1. The van der Waals surface area contributed by atoms with Crippen LogP contribution >= 0.6 is 11.3 Å². The average molecular weight is 367 g/mol. The summed E-state index contributed by atoms with van der Waals surface area (Å²) in [5.41, 5.74) is 4.27. The molecule has 1 saturated heterocycles. The fourth-order valence-electron chi connectivity index (χ4n) is 3.29. The molecule has 0 amide bonds. The highest BCUT2D eigenvalue weighted by Gasteiger charge is 2.20. The van der Waals surface area contributed by atoms with E-state index in [0.717, 1.165) is 43.4 Å². The molecule has 3 nitrogen and oxygen atoms in total. The smallest absolute Gasteiger partial charge is 0.146 e. The van der Waals surface area contributed by atoms with Gasteiger partial charge in [-0.15, -0.1) is 11.3 Å². The quantitative estimate of drug-likeness (QED) is 0.673. The molecule has 1 aliphatic heterocycles. The zero-order valence-electron chi connectivity index (χ0n) is 14.9. The summed E-state index contributed by atoms with van der Waals surface area (Å²) in [6.07, 6.45) is 0. The molecule has 0 unspecified atom stereocenters. The van der Waals surface area contributed by atoms with Crippen LogP contribution in [0.15, 0.2) is 53.9 Å². The minimum absolute atomic E-state index is 0.136. The summed E-state index contributed by atoms with van der Waals surface area (Å²) >= 11 is 1.70.